The van der Waals surface area contributed by atoms with Crippen molar-refractivity contribution in [3.05, 3.63) is 82.9 Å². The molecule has 1 amide bonds. The van der Waals surface area contributed by atoms with Crippen molar-refractivity contribution < 1.29 is 23.7 Å². The highest BCUT2D eigenvalue weighted by Gasteiger charge is 2.33. The van der Waals surface area contributed by atoms with Gasteiger partial charge < -0.3 is 23.8 Å². The first-order valence-electron chi connectivity index (χ1n) is 10.9. The number of ether oxygens (including phenoxy) is 4. The summed E-state index contributed by atoms with van der Waals surface area (Å²) in [5, 5.41) is 0. The fourth-order valence-electron chi connectivity index (χ4n) is 4.30. The molecule has 4 rings (SSSR count). The highest BCUT2D eigenvalue weighted by molar-refractivity contribution is 5.95. The molecular formula is C27H29NO5. The molecule has 6 nitrogen and oxygen atoms in total. The van der Waals surface area contributed by atoms with E-state index < -0.39 is 0 Å². The van der Waals surface area contributed by atoms with E-state index in [0.717, 1.165) is 23.1 Å². The van der Waals surface area contributed by atoms with Crippen LogP contribution in [0.3, 0.4) is 0 Å². The molecule has 1 heterocycles. The van der Waals surface area contributed by atoms with Crippen LogP contribution in [0.1, 0.15) is 33.1 Å². The summed E-state index contributed by atoms with van der Waals surface area (Å²) in [7, 11) is 4.86. The molecule has 0 fully saturated rings. The first-order valence-corrected chi connectivity index (χ1v) is 10.9. The number of methoxy groups -OCH3 is 3. The van der Waals surface area contributed by atoms with Crippen LogP contribution < -0.4 is 18.9 Å². The van der Waals surface area contributed by atoms with Gasteiger partial charge >= 0.3 is 0 Å². The molecule has 0 unspecified atom stereocenters. The van der Waals surface area contributed by atoms with E-state index in [9.17, 15) is 4.79 Å². The maximum atomic E-state index is 13.6. The van der Waals surface area contributed by atoms with Crippen LogP contribution in [-0.4, -0.2) is 45.3 Å². The number of hydrogen-bond donors (Lipinski definition) is 0. The molecule has 3 aromatic carbocycles. The predicted molar refractivity (Wildman–Crippen MR) is 127 cm³/mol. The fraction of sp³-hybridized carbons (Fsp3) is 0.296. The summed E-state index contributed by atoms with van der Waals surface area (Å²) < 4.78 is 22.7. The minimum atomic E-state index is -0.300. The number of aryl methyl sites for hydroxylation is 1. The van der Waals surface area contributed by atoms with Crippen molar-refractivity contribution in [2.45, 2.75) is 19.4 Å². The monoisotopic (exact) mass is 447 g/mol. The summed E-state index contributed by atoms with van der Waals surface area (Å²) in [6, 6.07) is 18.9. The second-order valence-electron chi connectivity index (χ2n) is 8.00. The first-order chi connectivity index (χ1) is 16.0. The minimum Gasteiger partial charge on any atom is -0.493 e. The Hall–Kier alpha value is -3.67. The van der Waals surface area contributed by atoms with Crippen molar-refractivity contribution in [2.75, 3.05) is 34.5 Å². The van der Waals surface area contributed by atoms with Gasteiger partial charge in [-0.15, -0.1) is 0 Å². The van der Waals surface area contributed by atoms with Crippen LogP contribution in [-0.2, 0) is 6.42 Å². The lowest BCUT2D eigenvalue weighted by atomic mass is 9.91. The second kappa shape index (κ2) is 9.86. The van der Waals surface area contributed by atoms with Gasteiger partial charge in [0.05, 0.1) is 27.4 Å². The minimum absolute atomic E-state index is 0.0206. The van der Waals surface area contributed by atoms with Gasteiger partial charge in [0.15, 0.2) is 23.0 Å². The number of amides is 1. The number of benzene rings is 3. The van der Waals surface area contributed by atoms with E-state index in [4.69, 9.17) is 18.9 Å². The lowest BCUT2D eigenvalue weighted by Crippen LogP contribution is -2.42. The largest absolute Gasteiger partial charge is 0.493 e. The number of nitrogens with zero attached hydrogens (tertiary/aromatic N) is 1. The van der Waals surface area contributed by atoms with Gasteiger partial charge in [-0.1, -0.05) is 29.8 Å². The summed E-state index contributed by atoms with van der Waals surface area (Å²) in [4.78, 5) is 15.5. The maximum absolute atomic E-state index is 13.6. The number of hydrogen-bond acceptors (Lipinski definition) is 5. The van der Waals surface area contributed by atoms with Crippen molar-refractivity contribution in [3.8, 4) is 23.0 Å². The Morgan fingerprint density at radius 3 is 2.27 bits per heavy atom. The van der Waals surface area contributed by atoms with E-state index in [1.807, 2.05) is 72.5 Å². The summed E-state index contributed by atoms with van der Waals surface area (Å²) in [5.74, 6) is 2.57. The quantitative estimate of drug-likeness (QED) is 0.519. The normalized spacial score (nSPS) is 14.9. The first kappa shape index (κ1) is 22.5. The SMILES string of the molecule is COc1cc2c(cc1OC)[C@@H](COc1ccccc1OC)N(C(=O)c1cccc(C)c1)CC2. The van der Waals surface area contributed by atoms with Gasteiger partial charge in [0.1, 0.15) is 6.61 Å². The maximum Gasteiger partial charge on any atom is 0.254 e. The van der Waals surface area contributed by atoms with Crippen LogP contribution >= 0.6 is 0 Å². The van der Waals surface area contributed by atoms with Crippen LogP contribution in [0.4, 0.5) is 0 Å². The lowest BCUT2D eigenvalue weighted by molar-refractivity contribution is 0.0587. The fourth-order valence-corrected chi connectivity index (χ4v) is 4.30. The van der Waals surface area contributed by atoms with Gasteiger partial charge in [0.2, 0.25) is 0 Å². The predicted octanol–water partition coefficient (Wildman–Crippen LogP) is 4.84. The Kier molecular flexibility index (Phi) is 6.73. The number of carbonyl (C=O) groups is 1. The smallest absolute Gasteiger partial charge is 0.254 e. The Morgan fingerprint density at radius 1 is 0.879 bits per heavy atom. The molecule has 0 N–H and O–H groups in total. The van der Waals surface area contributed by atoms with Crippen molar-refractivity contribution >= 4 is 5.91 Å². The third-order valence-electron chi connectivity index (χ3n) is 5.99. The zero-order valence-corrected chi connectivity index (χ0v) is 19.5. The van der Waals surface area contributed by atoms with Crippen molar-refractivity contribution in [1.82, 2.24) is 4.90 Å². The van der Waals surface area contributed by atoms with Crippen molar-refractivity contribution in [1.29, 1.82) is 0 Å². The molecular weight excluding hydrogens is 418 g/mol. The van der Waals surface area contributed by atoms with E-state index in [-0.39, 0.29) is 18.6 Å². The van der Waals surface area contributed by atoms with Gasteiger partial charge in [-0.25, -0.2) is 0 Å². The number of carbonyl (C=O) groups excluding carboxylic acids is 1. The Bertz CT molecular complexity index is 1140. The van der Waals surface area contributed by atoms with E-state index in [0.29, 0.717) is 35.1 Å². The summed E-state index contributed by atoms with van der Waals surface area (Å²) in [6.07, 6.45) is 0.721. The van der Waals surface area contributed by atoms with E-state index in [2.05, 4.69) is 0 Å². The van der Waals surface area contributed by atoms with Gasteiger partial charge in [-0.2, -0.15) is 0 Å². The summed E-state index contributed by atoms with van der Waals surface area (Å²) in [6.45, 7) is 2.84. The number of para-hydroxylation sites is 2. The Morgan fingerprint density at radius 2 is 1.58 bits per heavy atom. The van der Waals surface area contributed by atoms with E-state index in [1.54, 1.807) is 21.3 Å². The second-order valence-corrected chi connectivity index (χ2v) is 8.00. The highest BCUT2D eigenvalue weighted by atomic mass is 16.5. The zero-order valence-electron chi connectivity index (χ0n) is 19.5. The molecule has 0 saturated carbocycles. The molecule has 1 aliphatic rings. The summed E-state index contributed by atoms with van der Waals surface area (Å²) in [5.41, 5.74) is 3.83. The van der Waals surface area contributed by atoms with Gasteiger partial charge in [-0.3, -0.25) is 4.79 Å². The average Bonchev–Trinajstić information content (AvgIpc) is 2.85. The molecule has 6 heteroatoms. The topological polar surface area (TPSA) is 57.2 Å². The Balaban J connectivity index is 1.72. The van der Waals surface area contributed by atoms with Crippen LogP contribution in [0.5, 0.6) is 23.0 Å². The number of fused-ring (bicyclic) bond motifs is 1. The zero-order chi connectivity index (χ0) is 23.4. The van der Waals surface area contributed by atoms with E-state index >= 15 is 0 Å². The van der Waals surface area contributed by atoms with Gasteiger partial charge in [0, 0.05) is 12.1 Å². The van der Waals surface area contributed by atoms with Crippen LogP contribution in [0.2, 0.25) is 0 Å². The van der Waals surface area contributed by atoms with E-state index in [1.165, 1.54) is 0 Å². The molecule has 0 spiro atoms. The molecule has 0 aromatic heterocycles. The average molecular weight is 448 g/mol. The van der Waals surface area contributed by atoms with Gasteiger partial charge in [-0.05, 0) is 60.9 Å². The molecule has 0 radical (unpaired) electrons. The van der Waals surface area contributed by atoms with Crippen LogP contribution in [0.15, 0.2) is 60.7 Å². The lowest BCUT2D eigenvalue weighted by Gasteiger charge is -2.37. The molecule has 33 heavy (non-hydrogen) atoms. The summed E-state index contributed by atoms with van der Waals surface area (Å²) >= 11 is 0. The third-order valence-corrected chi connectivity index (χ3v) is 5.99. The van der Waals surface area contributed by atoms with Crippen LogP contribution in [0.25, 0.3) is 0 Å². The third kappa shape index (κ3) is 4.60. The van der Waals surface area contributed by atoms with Crippen molar-refractivity contribution in [2.24, 2.45) is 0 Å². The number of rotatable bonds is 7. The molecule has 0 bridgehead atoms. The molecule has 3 aromatic rings. The highest BCUT2D eigenvalue weighted by Crippen LogP contribution is 2.39. The molecule has 1 aliphatic heterocycles. The van der Waals surface area contributed by atoms with Crippen molar-refractivity contribution in [3.63, 3.8) is 0 Å². The van der Waals surface area contributed by atoms with Gasteiger partial charge in [0.25, 0.3) is 5.91 Å². The molecule has 172 valence electrons. The van der Waals surface area contributed by atoms with Crippen LogP contribution in [0, 0.1) is 6.92 Å². The molecule has 0 saturated heterocycles. The molecule has 0 aliphatic carbocycles. The Labute approximate surface area is 194 Å². The molecule has 1 atom stereocenters. The standard InChI is InChI=1S/C27H29NO5/c1-18-8-7-9-20(14-18)27(29)28-13-12-19-15-25(31-3)26(32-4)16-21(19)22(28)17-33-24-11-6-5-10-23(24)30-2/h5-11,14-16,22H,12-13,17H2,1-4H3/t22-/m1/s1.